The minimum Gasteiger partial charge on any atom is -0.490 e. The van der Waals surface area contributed by atoms with Crippen molar-refractivity contribution in [2.24, 2.45) is 0 Å². The molecule has 0 saturated carbocycles. The molecule has 2 aromatic heterocycles. The molecule has 1 unspecified atom stereocenters. The summed E-state index contributed by atoms with van der Waals surface area (Å²) in [6.45, 7) is 6.51. The second kappa shape index (κ2) is 7.48. The minimum atomic E-state index is -0.664. The standard InChI is InChI=1S/C22H24N4O2/c1-14-7-6-8-15(2)21(14)28-13-17(27)12-23-22-18-9-4-5-10-19(18)26-20(24-22)11-16(3)25-26/h4-11,17,27H,12-13H2,1-3H3,(H,23,24). The molecule has 0 aliphatic heterocycles. The van der Waals surface area contributed by atoms with Gasteiger partial charge in [0.25, 0.3) is 0 Å². The average Bonchev–Trinajstić information content (AvgIpc) is 3.06. The van der Waals surface area contributed by atoms with Gasteiger partial charge in [0.05, 0.1) is 11.2 Å². The summed E-state index contributed by atoms with van der Waals surface area (Å²) in [5, 5.41) is 19.2. The summed E-state index contributed by atoms with van der Waals surface area (Å²) in [6, 6.07) is 15.9. The molecule has 0 aliphatic carbocycles. The monoisotopic (exact) mass is 376 g/mol. The highest BCUT2D eigenvalue weighted by atomic mass is 16.5. The number of anilines is 1. The first-order valence-corrected chi connectivity index (χ1v) is 9.39. The molecule has 2 aromatic carbocycles. The lowest BCUT2D eigenvalue weighted by Gasteiger charge is -2.17. The first kappa shape index (κ1) is 18.3. The Hall–Kier alpha value is -3.12. The van der Waals surface area contributed by atoms with Gasteiger partial charge in [-0.15, -0.1) is 0 Å². The van der Waals surface area contributed by atoms with E-state index in [1.807, 2.05) is 73.8 Å². The summed E-state index contributed by atoms with van der Waals surface area (Å²) in [5.74, 6) is 1.57. The fraction of sp³-hybridized carbons (Fsp3) is 0.273. The number of hydrogen-bond acceptors (Lipinski definition) is 5. The first-order chi connectivity index (χ1) is 13.5. The number of nitrogens with zero attached hydrogens (tertiary/aromatic N) is 3. The fourth-order valence-corrected chi connectivity index (χ4v) is 3.39. The van der Waals surface area contributed by atoms with Crippen molar-refractivity contribution in [3.63, 3.8) is 0 Å². The molecule has 0 saturated heterocycles. The highest BCUT2D eigenvalue weighted by Crippen LogP contribution is 2.24. The van der Waals surface area contributed by atoms with Crippen LogP contribution in [0.25, 0.3) is 16.6 Å². The Labute approximate surface area is 163 Å². The molecule has 6 heteroatoms. The highest BCUT2D eigenvalue weighted by Gasteiger charge is 2.13. The Bertz CT molecular complexity index is 1120. The number of fused-ring (bicyclic) bond motifs is 3. The van der Waals surface area contributed by atoms with Crippen molar-refractivity contribution >= 4 is 22.4 Å². The topological polar surface area (TPSA) is 71.7 Å². The molecule has 1 atom stereocenters. The van der Waals surface area contributed by atoms with Gasteiger partial charge in [0.2, 0.25) is 0 Å². The zero-order valence-corrected chi connectivity index (χ0v) is 16.3. The summed E-state index contributed by atoms with van der Waals surface area (Å²) in [7, 11) is 0. The number of ether oxygens (including phenoxy) is 1. The summed E-state index contributed by atoms with van der Waals surface area (Å²) < 4.78 is 7.70. The number of rotatable bonds is 6. The quantitative estimate of drug-likeness (QED) is 0.537. The summed E-state index contributed by atoms with van der Waals surface area (Å²) in [5.41, 5.74) is 4.80. The molecule has 0 radical (unpaired) electrons. The van der Waals surface area contributed by atoms with Crippen molar-refractivity contribution in [3.05, 3.63) is 65.4 Å². The van der Waals surface area contributed by atoms with Crippen molar-refractivity contribution < 1.29 is 9.84 Å². The van der Waals surface area contributed by atoms with Crippen molar-refractivity contribution in [3.8, 4) is 5.75 Å². The number of aryl methyl sites for hydroxylation is 3. The SMILES string of the molecule is Cc1cc2nc(NCC(O)COc3c(C)cccc3C)c3ccccc3n2n1. The number of benzene rings is 2. The maximum Gasteiger partial charge on any atom is 0.158 e. The molecule has 0 aliphatic rings. The van der Waals surface area contributed by atoms with Crippen molar-refractivity contribution in [1.29, 1.82) is 0 Å². The molecule has 6 nitrogen and oxygen atoms in total. The van der Waals surface area contributed by atoms with Gasteiger partial charge in [-0.2, -0.15) is 5.10 Å². The lowest BCUT2D eigenvalue weighted by atomic mass is 10.1. The number of nitrogens with one attached hydrogen (secondary N) is 1. The van der Waals surface area contributed by atoms with Crippen LogP contribution in [0.5, 0.6) is 5.75 Å². The van der Waals surface area contributed by atoms with Crippen molar-refractivity contribution in [2.75, 3.05) is 18.5 Å². The second-order valence-corrected chi connectivity index (χ2v) is 7.10. The third-order valence-electron chi connectivity index (χ3n) is 4.76. The van der Waals surface area contributed by atoms with E-state index in [2.05, 4.69) is 15.4 Å². The molecule has 2 N–H and O–H groups in total. The van der Waals surface area contributed by atoms with Gasteiger partial charge in [0.15, 0.2) is 5.65 Å². The Balaban J connectivity index is 1.50. The average molecular weight is 376 g/mol. The maximum atomic E-state index is 10.4. The van der Waals surface area contributed by atoms with Gasteiger partial charge in [0.1, 0.15) is 24.3 Å². The van der Waals surface area contributed by atoms with E-state index in [9.17, 15) is 5.11 Å². The fourth-order valence-electron chi connectivity index (χ4n) is 3.39. The predicted octanol–water partition coefficient (Wildman–Crippen LogP) is 3.66. The zero-order chi connectivity index (χ0) is 19.7. The van der Waals surface area contributed by atoms with Gasteiger partial charge in [-0.25, -0.2) is 9.50 Å². The van der Waals surface area contributed by atoms with Crippen LogP contribution in [0.3, 0.4) is 0 Å². The van der Waals surface area contributed by atoms with Crippen LogP contribution in [-0.4, -0.2) is 39.0 Å². The number of aliphatic hydroxyl groups is 1. The minimum absolute atomic E-state index is 0.213. The number of aliphatic hydroxyl groups excluding tert-OH is 1. The van der Waals surface area contributed by atoms with Crippen molar-refractivity contribution in [2.45, 2.75) is 26.9 Å². The number of aromatic nitrogens is 3. The molecular weight excluding hydrogens is 352 g/mol. The van der Waals surface area contributed by atoms with E-state index >= 15 is 0 Å². The van der Waals surface area contributed by atoms with E-state index in [0.29, 0.717) is 6.54 Å². The summed E-state index contributed by atoms with van der Waals surface area (Å²) in [4.78, 5) is 4.68. The van der Waals surface area contributed by atoms with E-state index in [0.717, 1.165) is 44.9 Å². The van der Waals surface area contributed by atoms with E-state index in [1.54, 1.807) is 0 Å². The zero-order valence-electron chi connectivity index (χ0n) is 16.3. The van der Waals surface area contributed by atoms with E-state index < -0.39 is 6.10 Å². The second-order valence-electron chi connectivity index (χ2n) is 7.10. The van der Waals surface area contributed by atoms with Crippen LogP contribution < -0.4 is 10.1 Å². The van der Waals surface area contributed by atoms with Gasteiger partial charge in [-0.3, -0.25) is 0 Å². The molecule has 0 fully saturated rings. The largest absolute Gasteiger partial charge is 0.490 e. The van der Waals surface area contributed by atoms with Crippen LogP contribution in [0.2, 0.25) is 0 Å². The summed E-state index contributed by atoms with van der Waals surface area (Å²) >= 11 is 0. The maximum absolute atomic E-state index is 10.4. The number of para-hydroxylation sites is 2. The summed E-state index contributed by atoms with van der Waals surface area (Å²) in [6.07, 6.45) is -0.664. The Kier molecular flexibility index (Phi) is 4.88. The molecule has 4 rings (SSSR count). The smallest absolute Gasteiger partial charge is 0.158 e. The lowest BCUT2D eigenvalue weighted by molar-refractivity contribution is 0.117. The van der Waals surface area contributed by atoms with Crippen LogP contribution in [0.15, 0.2) is 48.5 Å². The van der Waals surface area contributed by atoms with E-state index in [4.69, 9.17) is 4.74 Å². The van der Waals surface area contributed by atoms with Gasteiger partial charge in [0, 0.05) is 18.0 Å². The molecule has 144 valence electrons. The predicted molar refractivity (Wildman–Crippen MR) is 111 cm³/mol. The van der Waals surface area contributed by atoms with Gasteiger partial charge in [-0.1, -0.05) is 30.3 Å². The lowest BCUT2D eigenvalue weighted by Crippen LogP contribution is -2.27. The van der Waals surface area contributed by atoms with E-state index in [-0.39, 0.29) is 6.61 Å². The van der Waals surface area contributed by atoms with Gasteiger partial charge in [-0.05, 0) is 44.0 Å². The Morgan fingerprint density at radius 3 is 2.61 bits per heavy atom. The molecule has 2 heterocycles. The molecule has 0 spiro atoms. The Morgan fingerprint density at radius 1 is 1.07 bits per heavy atom. The third kappa shape index (κ3) is 3.51. The van der Waals surface area contributed by atoms with Crippen LogP contribution in [-0.2, 0) is 0 Å². The normalized spacial score (nSPS) is 12.4. The van der Waals surface area contributed by atoms with Crippen LogP contribution >= 0.6 is 0 Å². The molecule has 28 heavy (non-hydrogen) atoms. The van der Waals surface area contributed by atoms with Crippen LogP contribution in [0.4, 0.5) is 5.82 Å². The Morgan fingerprint density at radius 2 is 1.82 bits per heavy atom. The van der Waals surface area contributed by atoms with Gasteiger partial charge < -0.3 is 15.2 Å². The highest BCUT2D eigenvalue weighted by molar-refractivity contribution is 5.91. The van der Waals surface area contributed by atoms with Gasteiger partial charge >= 0.3 is 0 Å². The molecule has 0 bridgehead atoms. The van der Waals surface area contributed by atoms with E-state index in [1.165, 1.54) is 0 Å². The third-order valence-corrected chi connectivity index (χ3v) is 4.76. The molecular formula is C22H24N4O2. The first-order valence-electron chi connectivity index (χ1n) is 9.39. The number of hydrogen-bond donors (Lipinski definition) is 2. The molecule has 0 amide bonds. The van der Waals surface area contributed by atoms with Crippen LogP contribution in [0.1, 0.15) is 16.8 Å². The van der Waals surface area contributed by atoms with Crippen molar-refractivity contribution in [1.82, 2.24) is 14.6 Å². The van der Waals surface area contributed by atoms with Crippen LogP contribution in [0, 0.1) is 20.8 Å². The molecule has 4 aromatic rings.